The highest BCUT2D eigenvalue weighted by molar-refractivity contribution is 6.00. The highest BCUT2D eigenvalue weighted by Gasteiger charge is 2.55. The summed E-state index contributed by atoms with van der Waals surface area (Å²) in [6.07, 6.45) is 5.04. The lowest BCUT2D eigenvalue weighted by atomic mass is 9.60. The predicted molar refractivity (Wildman–Crippen MR) is 66.2 cm³/mol. The van der Waals surface area contributed by atoms with Crippen molar-refractivity contribution >= 4 is 11.8 Å². The van der Waals surface area contributed by atoms with E-state index < -0.39 is 0 Å². The second kappa shape index (κ2) is 4.43. The monoisotopic (exact) mass is 237 g/mol. The van der Waals surface area contributed by atoms with E-state index in [1.54, 1.807) is 0 Å². The van der Waals surface area contributed by atoms with Crippen LogP contribution in [0.4, 0.5) is 0 Å². The minimum Gasteiger partial charge on any atom is -0.296 e. The summed E-state index contributed by atoms with van der Waals surface area (Å²) in [6, 6.07) is 0. The molecule has 2 amide bonds. The van der Waals surface area contributed by atoms with Crippen molar-refractivity contribution in [1.29, 1.82) is 0 Å². The molecule has 3 atom stereocenters. The molecule has 0 bridgehead atoms. The molecule has 2 aliphatic rings. The number of carbonyl (C=O) groups is 2. The Bertz CT molecular complexity index is 337. The Kier molecular flexibility index (Phi) is 3.28. The molecule has 2 rings (SSSR count). The highest BCUT2D eigenvalue weighted by Crippen LogP contribution is 2.55. The molecule has 3 heteroatoms. The lowest BCUT2D eigenvalue weighted by molar-refractivity contribution is -0.148. The predicted octanol–water partition coefficient (Wildman–Crippen LogP) is 2.50. The summed E-state index contributed by atoms with van der Waals surface area (Å²) < 4.78 is 0. The van der Waals surface area contributed by atoms with Gasteiger partial charge in [-0.1, -0.05) is 33.6 Å². The third kappa shape index (κ3) is 1.90. The number of rotatable bonds is 2. The number of hydrogen-bond acceptors (Lipinski definition) is 2. The van der Waals surface area contributed by atoms with Gasteiger partial charge in [0.15, 0.2) is 0 Å². The van der Waals surface area contributed by atoms with Gasteiger partial charge >= 0.3 is 0 Å². The van der Waals surface area contributed by atoms with Crippen LogP contribution in [-0.4, -0.2) is 11.8 Å². The van der Waals surface area contributed by atoms with Gasteiger partial charge in [0.1, 0.15) is 0 Å². The zero-order chi connectivity index (χ0) is 12.6. The van der Waals surface area contributed by atoms with Crippen molar-refractivity contribution < 1.29 is 9.59 Å². The molecule has 0 aromatic carbocycles. The number of hydrogen-bond donors (Lipinski definition) is 1. The topological polar surface area (TPSA) is 46.2 Å². The smallest absolute Gasteiger partial charge is 0.230 e. The summed E-state index contributed by atoms with van der Waals surface area (Å²) in [5.41, 5.74) is -0.0394. The number of amides is 2. The third-order valence-electron chi connectivity index (χ3n) is 4.82. The van der Waals surface area contributed by atoms with E-state index in [-0.39, 0.29) is 23.1 Å². The van der Waals surface area contributed by atoms with Gasteiger partial charge < -0.3 is 0 Å². The quantitative estimate of drug-likeness (QED) is 0.750. The van der Waals surface area contributed by atoms with Gasteiger partial charge in [-0.3, -0.25) is 14.9 Å². The summed E-state index contributed by atoms with van der Waals surface area (Å²) in [4.78, 5) is 23.9. The Morgan fingerprint density at radius 1 is 1.41 bits per heavy atom. The molecule has 0 radical (unpaired) electrons. The zero-order valence-corrected chi connectivity index (χ0v) is 11.1. The van der Waals surface area contributed by atoms with Crippen molar-refractivity contribution in [2.45, 2.75) is 52.9 Å². The molecule has 3 unspecified atom stereocenters. The van der Waals surface area contributed by atoms with Crippen molar-refractivity contribution in [3.8, 4) is 0 Å². The van der Waals surface area contributed by atoms with Crippen LogP contribution in [0.5, 0.6) is 0 Å². The molecule has 17 heavy (non-hydrogen) atoms. The number of imide groups is 1. The average Bonchev–Trinajstić information content (AvgIpc) is 2.58. The normalized spacial score (nSPS) is 37.9. The molecular weight excluding hydrogens is 214 g/mol. The van der Waals surface area contributed by atoms with Crippen molar-refractivity contribution in [2.75, 3.05) is 0 Å². The van der Waals surface area contributed by atoms with Gasteiger partial charge in [0.25, 0.3) is 0 Å². The van der Waals surface area contributed by atoms with Crippen LogP contribution < -0.4 is 5.32 Å². The van der Waals surface area contributed by atoms with E-state index in [1.807, 2.05) is 0 Å². The second-order valence-electron chi connectivity index (χ2n) is 6.04. The first kappa shape index (κ1) is 12.6. The molecule has 1 N–H and O–H groups in total. The molecule has 1 aliphatic heterocycles. The van der Waals surface area contributed by atoms with Crippen LogP contribution in [0.15, 0.2) is 0 Å². The van der Waals surface area contributed by atoms with Gasteiger partial charge in [-0.2, -0.15) is 0 Å². The van der Waals surface area contributed by atoms with E-state index in [0.717, 1.165) is 12.8 Å². The van der Waals surface area contributed by atoms with E-state index in [1.165, 1.54) is 12.8 Å². The number of nitrogens with one attached hydrogen (secondary N) is 1. The molecule has 1 aliphatic carbocycles. The molecule has 2 fully saturated rings. The van der Waals surface area contributed by atoms with E-state index in [4.69, 9.17) is 0 Å². The molecule has 0 aromatic rings. The first-order valence-electron chi connectivity index (χ1n) is 6.85. The van der Waals surface area contributed by atoms with Crippen molar-refractivity contribution in [3.05, 3.63) is 0 Å². The Balaban J connectivity index is 2.38. The summed E-state index contributed by atoms with van der Waals surface area (Å²) in [6.45, 7) is 6.39. The van der Waals surface area contributed by atoms with Gasteiger partial charge in [-0.05, 0) is 30.1 Å². The Hall–Kier alpha value is -0.860. The summed E-state index contributed by atoms with van der Waals surface area (Å²) in [7, 11) is 0. The van der Waals surface area contributed by atoms with Gasteiger partial charge in [0.2, 0.25) is 11.8 Å². The lowest BCUT2D eigenvalue weighted by Crippen LogP contribution is -2.55. The molecule has 1 saturated carbocycles. The largest absolute Gasteiger partial charge is 0.296 e. The summed E-state index contributed by atoms with van der Waals surface area (Å²) in [5.74, 6) is 0.789. The van der Waals surface area contributed by atoms with Crippen molar-refractivity contribution in [3.63, 3.8) is 0 Å². The fourth-order valence-corrected chi connectivity index (χ4v) is 4.32. The fourth-order valence-electron chi connectivity index (χ4n) is 4.32. The lowest BCUT2D eigenvalue weighted by Gasteiger charge is -2.45. The highest BCUT2D eigenvalue weighted by atomic mass is 16.2. The number of piperidine rings is 1. The first-order valence-corrected chi connectivity index (χ1v) is 6.85. The van der Waals surface area contributed by atoms with Crippen molar-refractivity contribution in [2.24, 2.45) is 23.2 Å². The minimum absolute atomic E-state index is 0.0210. The minimum atomic E-state index is -0.0627. The van der Waals surface area contributed by atoms with Crippen LogP contribution in [0.25, 0.3) is 0 Å². The molecular formula is C14H23NO2. The van der Waals surface area contributed by atoms with Gasteiger partial charge in [-0.15, -0.1) is 0 Å². The van der Waals surface area contributed by atoms with Gasteiger partial charge in [0, 0.05) is 12.3 Å². The van der Waals surface area contributed by atoms with Crippen LogP contribution in [0.2, 0.25) is 0 Å². The van der Waals surface area contributed by atoms with E-state index in [2.05, 4.69) is 26.1 Å². The van der Waals surface area contributed by atoms with Gasteiger partial charge in [-0.25, -0.2) is 0 Å². The van der Waals surface area contributed by atoms with Crippen LogP contribution in [-0.2, 0) is 9.59 Å². The standard InChI is InChI=1S/C14H23NO2/c1-4-10-6-5-7-14(10)8-11(16)15-13(17)12(14)9(2)3/h9-10,12H,4-8H2,1-3H3,(H,15,16,17). The Labute approximate surface area is 103 Å². The number of carbonyl (C=O) groups excluding carboxylic acids is 2. The average molecular weight is 237 g/mol. The van der Waals surface area contributed by atoms with E-state index in [0.29, 0.717) is 18.3 Å². The SMILES string of the molecule is CCC1CCCC12CC(=O)NC(=O)C2C(C)C. The zero-order valence-electron chi connectivity index (χ0n) is 11.1. The second-order valence-corrected chi connectivity index (χ2v) is 6.04. The molecule has 3 nitrogen and oxygen atoms in total. The van der Waals surface area contributed by atoms with Crippen molar-refractivity contribution in [1.82, 2.24) is 5.32 Å². The Morgan fingerprint density at radius 3 is 2.71 bits per heavy atom. The molecule has 1 spiro atoms. The summed E-state index contributed by atoms with van der Waals surface area (Å²) in [5, 5.41) is 2.53. The molecule has 0 aromatic heterocycles. The van der Waals surface area contributed by atoms with Gasteiger partial charge in [0.05, 0.1) is 0 Å². The maximum absolute atomic E-state index is 12.1. The molecule has 96 valence electrons. The fraction of sp³-hybridized carbons (Fsp3) is 0.857. The molecule has 1 heterocycles. The van der Waals surface area contributed by atoms with E-state index in [9.17, 15) is 9.59 Å². The van der Waals surface area contributed by atoms with Crippen LogP contribution in [0.3, 0.4) is 0 Å². The van der Waals surface area contributed by atoms with Crippen LogP contribution in [0, 0.1) is 23.2 Å². The summed E-state index contributed by atoms with van der Waals surface area (Å²) >= 11 is 0. The first-order chi connectivity index (χ1) is 8.01. The van der Waals surface area contributed by atoms with Crippen LogP contribution >= 0.6 is 0 Å². The van der Waals surface area contributed by atoms with Crippen LogP contribution in [0.1, 0.15) is 52.9 Å². The maximum Gasteiger partial charge on any atom is 0.230 e. The Morgan fingerprint density at radius 2 is 2.12 bits per heavy atom. The third-order valence-corrected chi connectivity index (χ3v) is 4.82. The maximum atomic E-state index is 12.1. The molecule has 1 saturated heterocycles. The van der Waals surface area contributed by atoms with E-state index >= 15 is 0 Å².